The van der Waals surface area contributed by atoms with Crippen LogP contribution in [-0.2, 0) is 13.6 Å². The molecule has 0 saturated heterocycles. The molecule has 7 nitrogen and oxygen atoms in total. The number of hydrogen-bond acceptors (Lipinski definition) is 7. The van der Waals surface area contributed by atoms with E-state index in [9.17, 15) is 9.46 Å². The molecule has 0 aromatic heterocycles. The number of nitrogens with zero attached hydrogens (tertiary/aromatic N) is 1. The van der Waals surface area contributed by atoms with E-state index in [0.29, 0.717) is 6.54 Å². The van der Waals surface area contributed by atoms with E-state index in [2.05, 4.69) is 9.05 Å². The first-order chi connectivity index (χ1) is 7.41. The van der Waals surface area contributed by atoms with Crippen molar-refractivity contribution in [3.05, 3.63) is 0 Å². The minimum atomic E-state index is -4.37. The van der Waals surface area contributed by atoms with E-state index < -0.39 is 27.1 Å². The number of aliphatic hydroxyl groups excluding tert-OH is 2. The van der Waals surface area contributed by atoms with E-state index in [0.717, 1.165) is 6.54 Å². The summed E-state index contributed by atoms with van der Waals surface area (Å²) in [5.41, 5.74) is 0. The quantitative estimate of drug-likeness (QED) is 0.499. The van der Waals surface area contributed by atoms with Gasteiger partial charge in [0, 0.05) is 6.54 Å². The second kappa shape index (κ2) is 8.14. The van der Waals surface area contributed by atoms with Crippen molar-refractivity contribution in [2.45, 2.75) is 13.0 Å². The molecule has 0 fully saturated rings. The average Bonchev–Trinajstić information content (AvgIpc) is 2.25. The molecule has 2 N–H and O–H groups in total. The largest absolute Gasteiger partial charge is 0.756 e. The Morgan fingerprint density at radius 1 is 1.50 bits per heavy atom. The molecular formula is C8H19NO6P-. The van der Waals surface area contributed by atoms with Crippen LogP contribution in [0, 0.1) is 0 Å². The number of phosphoric ester groups is 1. The first-order valence-electron chi connectivity index (χ1n) is 4.99. The minimum Gasteiger partial charge on any atom is -0.756 e. The summed E-state index contributed by atoms with van der Waals surface area (Å²) in [4.78, 5) is 13.0. The Kier molecular flexibility index (Phi) is 8.13. The maximum Gasteiger partial charge on any atom is 0.268 e. The van der Waals surface area contributed by atoms with E-state index in [1.165, 1.54) is 0 Å². The van der Waals surface area contributed by atoms with Crippen LogP contribution in [-0.4, -0.2) is 61.2 Å². The highest BCUT2D eigenvalue weighted by atomic mass is 31.2. The zero-order chi connectivity index (χ0) is 12.6. The summed E-state index contributed by atoms with van der Waals surface area (Å²) in [6, 6.07) is 0. The lowest BCUT2D eigenvalue weighted by Gasteiger charge is -2.24. The van der Waals surface area contributed by atoms with Crippen LogP contribution in [0.2, 0.25) is 0 Å². The van der Waals surface area contributed by atoms with Crippen molar-refractivity contribution in [1.82, 2.24) is 4.90 Å². The normalized spacial score (nSPS) is 17.4. The van der Waals surface area contributed by atoms with Gasteiger partial charge in [0.15, 0.2) is 0 Å². The summed E-state index contributed by atoms with van der Waals surface area (Å²) in [5, 5.41) is 17.3. The zero-order valence-electron chi connectivity index (χ0n) is 9.53. The third-order valence-electron chi connectivity index (χ3n) is 1.90. The van der Waals surface area contributed by atoms with Gasteiger partial charge in [-0.15, -0.1) is 0 Å². The second-order valence-corrected chi connectivity index (χ2v) is 4.72. The van der Waals surface area contributed by atoms with Crippen LogP contribution in [0.25, 0.3) is 0 Å². The highest BCUT2D eigenvalue weighted by molar-refractivity contribution is 7.45. The van der Waals surface area contributed by atoms with Crippen molar-refractivity contribution in [2.24, 2.45) is 0 Å². The highest BCUT2D eigenvalue weighted by Gasteiger charge is 2.12. The molecule has 0 heterocycles. The van der Waals surface area contributed by atoms with Gasteiger partial charge in [0.25, 0.3) is 7.82 Å². The average molecular weight is 256 g/mol. The molecule has 0 rings (SSSR count). The van der Waals surface area contributed by atoms with Crippen LogP contribution >= 0.6 is 7.82 Å². The lowest BCUT2D eigenvalue weighted by atomic mass is 10.4. The Morgan fingerprint density at radius 3 is 2.62 bits per heavy atom. The monoisotopic (exact) mass is 256 g/mol. The van der Waals surface area contributed by atoms with Gasteiger partial charge in [0.2, 0.25) is 0 Å². The number of likely N-dealkylation sites (N-methyl/N-ethyl adjacent to an activating group) is 1. The van der Waals surface area contributed by atoms with Gasteiger partial charge in [-0.1, -0.05) is 6.92 Å². The Morgan fingerprint density at radius 2 is 2.12 bits per heavy atom. The first kappa shape index (κ1) is 16.0. The first-order valence-corrected chi connectivity index (χ1v) is 6.45. The van der Waals surface area contributed by atoms with Crippen LogP contribution in [0.15, 0.2) is 0 Å². The Bertz CT molecular complexity index is 227. The molecule has 2 unspecified atom stereocenters. The van der Waals surface area contributed by atoms with E-state index in [4.69, 9.17) is 10.2 Å². The highest BCUT2D eigenvalue weighted by Crippen LogP contribution is 2.37. The smallest absolute Gasteiger partial charge is 0.268 e. The van der Waals surface area contributed by atoms with Crippen molar-refractivity contribution in [3.63, 3.8) is 0 Å². The molecule has 0 aliphatic heterocycles. The molecule has 0 saturated carbocycles. The summed E-state index contributed by atoms with van der Waals surface area (Å²) < 4.78 is 20.0. The molecular weight excluding hydrogens is 237 g/mol. The molecule has 8 heteroatoms. The van der Waals surface area contributed by atoms with Crippen LogP contribution in [0.3, 0.4) is 0 Å². The molecule has 0 aromatic carbocycles. The summed E-state index contributed by atoms with van der Waals surface area (Å²) in [5.74, 6) is 0. The number of phosphoric acid groups is 1. The topological polar surface area (TPSA) is 102 Å². The van der Waals surface area contributed by atoms with E-state index in [-0.39, 0.29) is 6.61 Å². The molecule has 0 radical (unpaired) electrons. The lowest BCUT2D eigenvalue weighted by molar-refractivity contribution is -0.227. The Balaban J connectivity index is 3.74. The van der Waals surface area contributed by atoms with Crippen LogP contribution in [0.5, 0.6) is 0 Å². The van der Waals surface area contributed by atoms with Gasteiger partial charge in [-0.3, -0.25) is 4.57 Å². The van der Waals surface area contributed by atoms with Gasteiger partial charge < -0.3 is 29.1 Å². The minimum absolute atomic E-state index is 0.000335. The summed E-state index contributed by atoms with van der Waals surface area (Å²) >= 11 is 0. The fraction of sp³-hybridized carbons (Fsp3) is 1.00. The Labute approximate surface area is 95.2 Å². The fourth-order valence-corrected chi connectivity index (χ4v) is 1.47. The van der Waals surface area contributed by atoms with Gasteiger partial charge in [0.05, 0.1) is 19.8 Å². The summed E-state index contributed by atoms with van der Waals surface area (Å²) in [6.45, 7) is 2.13. The lowest BCUT2D eigenvalue weighted by Crippen LogP contribution is -2.25. The van der Waals surface area contributed by atoms with E-state index in [1.54, 1.807) is 0 Å². The molecule has 0 aromatic rings. The van der Waals surface area contributed by atoms with Gasteiger partial charge >= 0.3 is 0 Å². The van der Waals surface area contributed by atoms with Crippen molar-refractivity contribution in [2.75, 3.05) is 40.0 Å². The zero-order valence-corrected chi connectivity index (χ0v) is 10.4. The number of aliphatic hydroxyl groups is 2. The maximum absolute atomic E-state index is 11.1. The molecule has 0 spiro atoms. The van der Waals surface area contributed by atoms with Crippen LogP contribution < -0.4 is 4.89 Å². The van der Waals surface area contributed by atoms with Gasteiger partial charge in [-0.25, -0.2) is 0 Å². The SMILES string of the molecule is CCN(C)CCOP(=O)([O-])OCC(O)CO. The van der Waals surface area contributed by atoms with E-state index in [1.807, 2.05) is 18.9 Å². The van der Waals surface area contributed by atoms with Crippen LogP contribution in [0.1, 0.15) is 6.92 Å². The van der Waals surface area contributed by atoms with Gasteiger partial charge in [0.1, 0.15) is 6.10 Å². The standard InChI is InChI=1S/C8H20NO6P/c1-3-9(2)4-5-14-16(12,13)15-7-8(11)6-10/h8,10-11H,3-7H2,1-2H3,(H,12,13)/p-1. The Hall–Kier alpha value is -0.0100. The van der Waals surface area contributed by atoms with Crippen molar-refractivity contribution in [1.29, 1.82) is 0 Å². The van der Waals surface area contributed by atoms with Crippen LogP contribution in [0.4, 0.5) is 0 Å². The molecule has 0 aliphatic rings. The molecule has 2 atom stereocenters. The van der Waals surface area contributed by atoms with E-state index >= 15 is 0 Å². The van der Waals surface area contributed by atoms with Crippen molar-refractivity contribution < 1.29 is 28.7 Å². The third kappa shape index (κ3) is 8.18. The molecule has 98 valence electrons. The second-order valence-electron chi connectivity index (χ2n) is 3.31. The molecule has 0 amide bonds. The molecule has 16 heavy (non-hydrogen) atoms. The molecule has 0 bridgehead atoms. The third-order valence-corrected chi connectivity index (χ3v) is 2.86. The maximum atomic E-state index is 11.1. The number of hydrogen-bond donors (Lipinski definition) is 2. The molecule has 0 aliphatic carbocycles. The summed E-state index contributed by atoms with van der Waals surface area (Å²) in [7, 11) is -2.55. The van der Waals surface area contributed by atoms with Crippen molar-refractivity contribution in [3.8, 4) is 0 Å². The predicted molar refractivity (Wildman–Crippen MR) is 55.8 cm³/mol. The van der Waals surface area contributed by atoms with Gasteiger partial charge in [-0.05, 0) is 13.6 Å². The predicted octanol–water partition coefficient (Wildman–Crippen LogP) is -1.21. The van der Waals surface area contributed by atoms with Crippen molar-refractivity contribution >= 4 is 7.82 Å². The summed E-state index contributed by atoms with van der Waals surface area (Å²) in [6.07, 6.45) is -1.22. The fourth-order valence-electron chi connectivity index (χ4n) is 0.734. The number of rotatable bonds is 9. The van der Waals surface area contributed by atoms with Gasteiger partial charge in [-0.2, -0.15) is 0 Å².